The second-order valence-corrected chi connectivity index (χ2v) is 7.71. The maximum atomic E-state index is 13.7. The van der Waals surface area contributed by atoms with Gasteiger partial charge in [0.05, 0.1) is 5.56 Å². The molecule has 0 aliphatic carbocycles. The Bertz CT molecular complexity index is 987. The van der Waals surface area contributed by atoms with Gasteiger partial charge in [0.15, 0.2) is 0 Å². The van der Waals surface area contributed by atoms with Crippen molar-refractivity contribution < 1.29 is 18.0 Å². The minimum atomic E-state index is -4.51. The highest BCUT2D eigenvalue weighted by Crippen LogP contribution is 2.34. The number of carbonyl (C=O) groups excluding carboxylic acids is 1. The van der Waals surface area contributed by atoms with Gasteiger partial charge in [0.25, 0.3) is 5.91 Å². The minimum absolute atomic E-state index is 0.0970. The first-order valence-corrected chi connectivity index (χ1v) is 10.2. The number of piperazine rings is 1. The van der Waals surface area contributed by atoms with Crippen LogP contribution in [0.25, 0.3) is 0 Å². The second kappa shape index (κ2) is 9.54. The summed E-state index contributed by atoms with van der Waals surface area (Å²) >= 11 is 0. The van der Waals surface area contributed by atoms with Crippen LogP contribution < -0.4 is 5.32 Å². The van der Waals surface area contributed by atoms with Crippen molar-refractivity contribution in [2.45, 2.75) is 26.6 Å². The van der Waals surface area contributed by atoms with Gasteiger partial charge in [0.1, 0.15) is 0 Å². The molecule has 0 radical (unpaired) electrons. The van der Waals surface area contributed by atoms with Crippen LogP contribution in [0.15, 0.2) is 36.4 Å². The van der Waals surface area contributed by atoms with Crippen LogP contribution in [0.1, 0.15) is 39.5 Å². The molecule has 1 aliphatic heterocycles. The van der Waals surface area contributed by atoms with Gasteiger partial charge in [0.2, 0.25) is 0 Å². The summed E-state index contributed by atoms with van der Waals surface area (Å²) in [7, 11) is 0. The number of aryl methyl sites for hydroxylation is 1. The maximum Gasteiger partial charge on any atom is 0.416 e. The number of anilines is 1. The molecule has 164 valence electrons. The van der Waals surface area contributed by atoms with E-state index in [0.29, 0.717) is 11.1 Å². The Hall–Kier alpha value is -2.82. The molecular formula is C24H26F3N3O. The number of alkyl halides is 3. The molecule has 0 unspecified atom stereocenters. The lowest BCUT2D eigenvalue weighted by Gasteiger charge is -2.34. The van der Waals surface area contributed by atoms with Crippen LogP contribution in [0.2, 0.25) is 0 Å². The third-order valence-corrected chi connectivity index (χ3v) is 5.63. The highest BCUT2D eigenvalue weighted by atomic mass is 19.4. The summed E-state index contributed by atoms with van der Waals surface area (Å²) in [5.41, 5.74) is 1.30. The number of halogens is 3. The van der Waals surface area contributed by atoms with Gasteiger partial charge in [-0.2, -0.15) is 13.2 Å². The van der Waals surface area contributed by atoms with E-state index in [2.05, 4.69) is 23.1 Å². The molecule has 3 rings (SSSR count). The van der Waals surface area contributed by atoms with Gasteiger partial charge < -0.3 is 10.2 Å². The molecule has 0 aromatic heterocycles. The van der Waals surface area contributed by atoms with Gasteiger partial charge in [-0.05, 0) is 48.9 Å². The fourth-order valence-corrected chi connectivity index (χ4v) is 3.68. The number of amides is 1. The Morgan fingerprint density at radius 2 is 1.77 bits per heavy atom. The predicted molar refractivity (Wildman–Crippen MR) is 116 cm³/mol. The van der Waals surface area contributed by atoms with E-state index in [9.17, 15) is 18.0 Å². The summed E-state index contributed by atoms with van der Waals surface area (Å²) in [5, 5.41) is 2.56. The van der Waals surface area contributed by atoms with Gasteiger partial charge in [-0.3, -0.25) is 9.69 Å². The first kappa shape index (κ1) is 22.9. The topological polar surface area (TPSA) is 35.6 Å². The molecule has 7 heteroatoms. The zero-order valence-electron chi connectivity index (χ0n) is 17.7. The largest absolute Gasteiger partial charge is 0.416 e. The lowest BCUT2D eigenvalue weighted by molar-refractivity contribution is -0.138. The molecule has 1 fully saturated rings. The van der Waals surface area contributed by atoms with Crippen LogP contribution in [-0.2, 0) is 12.7 Å². The summed E-state index contributed by atoms with van der Waals surface area (Å²) < 4.78 is 41.2. The molecule has 1 heterocycles. The molecule has 1 N–H and O–H groups in total. The maximum absolute atomic E-state index is 13.7. The number of benzene rings is 2. The molecule has 31 heavy (non-hydrogen) atoms. The smallest absolute Gasteiger partial charge is 0.322 e. The lowest BCUT2D eigenvalue weighted by Crippen LogP contribution is -2.45. The molecule has 1 saturated heterocycles. The fourth-order valence-electron chi connectivity index (χ4n) is 3.68. The Balaban J connectivity index is 1.78. The van der Waals surface area contributed by atoms with Crippen LogP contribution in [0.3, 0.4) is 0 Å². The minimum Gasteiger partial charge on any atom is -0.322 e. The number of rotatable bonds is 5. The summed E-state index contributed by atoms with van der Waals surface area (Å²) in [6.07, 6.45) is 0.924. The van der Waals surface area contributed by atoms with Crippen LogP contribution >= 0.6 is 0 Å². The lowest BCUT2D eigenvalue weighted by atomic mass is 10.0. The Morgan fingerprint density at radius 1 is 1.10 bits per heavy atom. The highest BCUT2D eigenvalue weighted by Gasteiger charge is 2.34. The number of likely N-dealkylation sites (N-methyl/N-ethyl adjacent to an activating group) is 1. The van der Waals surface area contributed by atoms with Crippen molar-refractivity contribution in [1.29, 1.82) is 0 Å². The molecule has 2 aromatic carbocycles. The van der Waals surface area contributed by atoms with E-state index in [1.807, 2.05) is 11.8 Å². The summed E-state index contributed by atoms with van der Waals surface area (Å²) in [5.74, 6) is 1.99. The van der Waals surface area contributed by atoms with Gasteiger partial charge >= 0.3 is 6.18 Å². The van der Waals surface area contributed by atoms with Gasteiger partial charge in [0, 0.05) is 49.5 Å². The fraction of sp³-hybridized carbons (Fsp3) is 0.375. The number of carbonyl (C=O) groups is 1. The van der Waals surface area contributed by atoms with E-state index in [4.69, 9.17) is 6.42 Å². The van der Waals surface area contributed by atoms with E-state index in [0.717, 1.165) is 44.4 Å². The van der Waals surface area contributed by atoms with Crippen molar-refractivity contribution in [2.24, 2.45) is 0 Å². The SMILES string of the molecule is C#Cc1cc(C(=O)Nc2ccc(CN3CCN(CC)CC3)c(C(F)(F)F)c2)ccc1C. The standard InChI is InChI=1S/C24H26F3N3O/c1-4-18-14-19(7-6-17(18)3)23(31)28-21-9-8-20(22(15-21)24(25,26)27)16-30-12-10-29(5-2)11-13-30/h1,6-9,14-15H,5,10-13,16H2,2-3H3,(H,28,31). The van der Waals surface area contributed by atoms with E-state index in [-0.39, 0.29) is 17.8 Å². The normalized spacial score (nSPS) is 15.5. The van der Waals surface area contributed by atoms with Crippen LogP contribution in [0, 0.1) is 19.3 Å². The molecule has 2 aromatic rings. The second-order valence-electron chi connectivity index (χ2n) is 7.71. The zero-order chi connectivity index (χ0) is 22.6. The molecule has 0 atom stereocenters. The van der Waals surface area contributed by atoms with Crippen molar-refractivity contribution in [3.8, 4) is 12.3 Å². The van der Waals surface area contributed by atoms with Crippen molar-refractivity contribution >= 4 is 11.6 Å². The Kier molecular flexibility index (Phi) is 7.04. The van der Waals surface area contributed by atoms with Crippen molar-refractivity contribution in [3.05, 3.63) is 64.2 Å². The van der Waals surface area contributed by atoms with E-state index < -0.39 is 17.6 Å². The van der Waals surface area contributed by atoms with E-state index in [1.165, 1.54) is 12.1 Å². The van der Waals surface area contributed by atoms with Crippen molar-refractivity contribution in [1.82, 2.24) is 9.80 Å². The quantitative estimate of drug-likeness (QED) is 0.717. The average Bonchev–Trinajstić information content (AvgIpc) is 2.75. The summed E-state index contributed by atoms with van der Waals surface area (Å²) in [4.78, 5) is 16.8. The summed E-state index contributed by atoms with van der Waals surface area (Å²) in [6, 6.07) is 8.84. The molecule has 0 spiro atoms. The van der Waals surface area contributed by atoms with Crippen molar-refractivity contribution in [2.75, 3.05) is 38.0 Å². The number of nitrogens with zero attached hydrogens (tertiary/aromatic N) is 2. The zero-order valence-corrected chi connectivity index (χ0v) is 17.7. The van der Waals surface area contributed by atoms with Crippen LogP contribution in [-0.4, -0.2) is 48.4 Å². The predicted octanol–water partition coefficient (Wildman–Crippen LogP) is 4.38. The monoisotopic (exact) mass is 429 g/mol. The van der Waals surface area contributed by atoms with Crippen LogP contribution in [0.4, 0.5) is 18.9 Å². The van der Waals surface area contributed by atoms with E-state index >= 15 is 0 Å². The van der Waals surface area contributed by atoms with Crippen molar-refractivity contribution in [3.63, 3.8) is 0 Å². The number of nitrogens with one attached hydrogen (secondary N) is 1. The van der Waals surface area contributed by atoms with Gasteiger partial charge in [-0.1, -0.05) is 25.0 Å². The third kappa shape index (κ3) is 5.66. The third-order valence-electron chi connectivity index (χ3n) is 5.63. The average molecular weight is 429 g/mol. The van der Waals surface area contributed by atoms with Crippen LogP contribution in [0.5, 0.6) is 0 Å². The highest BCUT2D eigenvalue weighted by molar-refractivity contribution is 6.04. The van der Waals surface area contributed by atoms with Gasteiger partial charge in [-0.25, -0.2) is 0 Å². The first-order chi connectivity index (χ1) is 14.7. The van der Waals surface area contributed by atoms with E-state index in [1.54, 1.807) is 18.2 Å². The van der Waals surface area contributed by atoms with Gasteiger partial charge in [-0.15, -0.1) is 6.42 Å². The molecule has 0 bridgehead atoms. The molecular weight excluding hydrogens is 403 g/mol. The molecule has 0 saturated carbocycles. The Labute approximate surface area is 181 Å². The molecule has 1 amide bonds. The first-order valence-electron chi connectivity index (χ1n) is 10.2. The number of terminal acetylenes is 1. The molecule has 4 nitrogen and oxygen atoms in total. The number of hydrogen-bond acceptors (Lipinski definition) is 3. The summed E-state index contributed by atoms with van der Waals surface area (Å²) in [6.45, 7) is 8.24. The Morgan fingerprint density at radius 3 is 2.39 bits per heavy atom. The number of hydrogen-bond donors (Lipinski definition) is 1. The molecule has 1 aliphatic rings.